The van der Waals surface area contributed by atoms with E-state index in [1.165, 1.54) is 18.2 Å². The Hall–Kier alpha value is -3.42. The lowest BCUT2D eigenvalue weighted by Crippen LogP contribution is -2.30. The molecular formula is C22H21F2NO5. The number of fused-ring (bicyclic) bond motifs is 1. The molecule has 1 amide bonds. The fraction of sp³-hybridized carbons (Fsp3) is 0.273. The van der Waals surface area contributed by atoms with Crippen molar-refractivity contribution in [2.45, 2.75) is 26.9 Å². The van der Waals surface area contributed by atoms with E-state index in [9.17, 15) is 18.4 Å². The summed E-state index contributed by atoms with van der Waals surface area (Å²) in [6.45, 7) is 0.901. The summed E-state index contributed by atoms with van der Waals surface area (Å²) in [4.78, 5) is 23.7. The maximum absolute atomic E-state index is 12.1. The highest BCUT2D eigenvalue weighted by atomic mass is 19.3. The highest BCUT2D eigenvalue weighted by Crippen LogP contribution is 2.28. The van der Waals surface area contributed by atoms with Gasteiger partial charge in [-0.2, -0.15) is 8.78 Å². The van der Waals surface area contributed by atoms with E-state index in [1.54, 1.807) is 31.2 Å². The van der Waals surface area contributed by atoms with Crippen molar-refractivity contribution in [3.8, 4) is 11.5 Å². The Balaban J connectivity index is 1.51. The van der Waals surface area contributed by atoms with Crippen LogP contribution in [0.2, 0.25) is 0 Å². The molecule has 0 spiro atoms. The third kappa shape index (κ3) is 5.34. The van der Waals surface area contributed by atoms with Crippen LogP contribution in [0, 0.1) is 13.8 Å². The summed E-state index contributed by atoms with van der Waals surface area (Å²) in [5.74, 6) is 0.238. The Labute approximate surface area is 171 Å². The summed E-state index contributed by atoms with van der Waals surface area (Å²) in [7, 11) is 0. The Morgan fingerprint density at radius 3 is 2.57 bits per heavy atom. The summed E-state index contributed by atoms with van der Waals surface area (Å²) >= 11 is 0. The number of rotatable bonds is 8. The van der Waals surface area contributed by atoms with Crippen LogP contribution in [0.4, 0.5) is 8.78 Å². The van der Waals surface area contributed by atoms with Gasteiger partial charge in [-0.15, -0.1) is 0 Å². The topological polar surface area (TPSA) is 77.8 Å². The number of nitrogens with one attached hydrogen (secondary N) is 1. The molecular weight excluding hydrogens is 396 g/mol. The molecule has 3 rings (SSSR count). The van der Waals surface area contributed by atoms with Gasteiger partial charge in [0.1, 0.15) is 17.1 Å². The van der Waals surface area contributed by atoms with Gasteiger partial charge in [-0.1, -0.05) is 12.1 Å². The summed E-state index contributed by atoms with van der Waals surface area (Å²) in [5.41, 5.74) is 2.33. The fourth-order valence-electron chi connectivity index (χ4n) is 3.03. The number of benzene rings is 2. The minimum Gasteiger partial charge on any atom is -0.483 e. The van der Waals surface area contributed by atoms with E-state index in [2.05, 4.69) is 10.1 Å². The number of ether oxygens (including phenoxy) is 2. The highest BCUT2D eigenvalue weighted by Gasteiger charge is 2.11. The van der Waals surface area contributed by atoms with E-state index in [1.807, 2.05) is 6.92 Å². The van der Waals surface area contributed by atoms with Gasteiger partial charge in [-0.25, -0.2) is 4.79 Å². The second kappa shape index (κ2) is 9.39. The molecule has 1 heterocycles. The monoisotopic (exact) mass is 417 g/mol. The minimum atomic E-state index is -2.86. The van der Waals surface area contributed by atoms with Gasteiger partial charge in [0.15, 0.2) is 6.61 Å². The van der Waals surface area contributed by atoms with E-state index in [0.29, 0.717) is 29.9 Å². The second-order valence-electron chi connectivity index (χ2n) is 6.72. The molecule has 0 saturated heterocycles. The molecule has 0 unspecified atom stereocenters. The lowest BCUT2D eigenvalue weighted by Gasteiger charge is -2.12. The first-order valence-corrected chi connectivity index (χ1v) is 9.31. The fourth-order valence-corrected chi connectivity index (χ4v) is 3.03. The van der Waals surface area contributed by atoms with Crippen molar-refractivity contribution in [3.63, 3.8) is 0 Å². The summed E-state index contributed by atoms with van der Waals surface area (Å²) in [6.07, 6.45) is 0.528. The number of hydrogen-bond acceptors (Lipinski definition) is 5. The zero-order valence-corrected chi connectivity index (χ0v) is 16.5. The van der Waals surface area contributed by atoms with E-state index in [4.69, 9.17) is 9.15 Å². The molecule has 0 radical (unpaired) electrons. The maximum Gasteiger partial charge on any atom is 0.387 e. The van der Waals surface area contributed by atoms with Gasteiger partial charge in [0.25, 0.3) is 5.91 Å². The van der Waals surface area contributed by atoms with Gasteiger partial charge in [0, 0.05) is 23.6 Å². The Morgan fingerprint density at radius 1 is 1.13 bits per heavy atom. The van der Waals surface area contributed by atoms with Crippen molar-refractivity contribution in [1.29, 1.82) is 0 Å². The van der Waals surface area contributed by atoms with Crippen molar-refractivity contribution < 1.29 is 27.5 Å². The molecule has 0 aliphatic heterocycles. The molecule has 0 bridgehead atoms. The molecule has 0 atom stereocenters. The quantitative estimate of drug-likeness (QED) is 0.565. The first kappa shape index (κ1) is 21.3. The molecule has 0 saturated carbocycles. The standard InChI is InChI=1S/C22H21F2NO5/c1-13-11-20(27)30-21-14(2)18(8-7-17(13)21)28-12-19(26)25-10-9-15-3-5-16(6-4-15)29-22(23)24/h3-8,11,22H,9-10,12H2,1-2H3,(H,25,26). The van der Waals surface area contributed by atoms with Gasteiger partial charge in [0.05, 0.1) is 0 Å². The zero-order valence-electron chi connectivity index (χ0n) is 16.5. The molecule has 1 N–H and O–H groups in total. The molecule has 3 aromatic rings. The molecule has 30 heavy (non-hydrogen) atoms. The lowest BCUT2D eigenvalue weighted by atomic mass is 10.1. The van der Waals surface area contributed by atoms with Crippen LogP contribution >= 0.6 is 0 Å². The molecule has 6 nitrogen and oxygen atoms in total. The predicted molar refractivity (Wildman–Crippen MR) is 107 cm³/mol. The number of hydrogen-bond donors (Lipinski definition) is 1. The lowest BCUT2D eigenvalue weighted by molar-refractivity contribution is -0.123. The summed E-state index contributed by atoms with van der Waals surface area (Å²) in [5, 5.41) is 3.55. The molecule has 1 aromatic heterocycles. The van der Waals surface area contributed by atoms with Gasteiger partial charge < -0.3 is 19.2 Å². The number of alkyl halides is 2. The Bertz CT molecular complexity index is 1090. The molecule has 0 aliphatic rings. The first-order valence-electron chi connectivity index (χ1n) is 9.31. The third-order valence-corrected chi connectivity index (χ3v) is 4.56. The predicted octanol–water partition coefficient (Wildman–Crippen LogP) is 3.75. The van der Waals surface area contributed by atoms with Crippen LogP contribution in [0.15, 0.2) is 51.7 Å². The third-order valence-electron chi connectivity index (χ3n) is 4.56. The molecule has 8 heteroatoms. The molecule has 0 fully saturated rings. The number of carbonyl (C=O) groups excluding carboxylic acids is 1. The van der Waals surface area contributed by atoms with Crippen molar-refractivity contribution >= 4 is 16.9 Å². The molecule has 2 aromatic carbocycles. The average Bonchev–Trinajstić information content (AvgIpc) is 2.69. The van der Waals surface area contributed by atoms with Crippen LogP contribution in [0.25, 0.3) is 11.0 Å². The van der Waals surface area contributed by atoms with Crippen LogP contribution in [0.1, 0.15) is 16.7 Å². The Morgan fingerprint density at radius 2 is 1.87 bits per heavy atom. The Kier molecular flexibility index (Phi) is 6.66. The minimum absolute atomic E-state index is 0.0861. The average molecular weight is 417 g/mol. The summed E-state index contributed by atoms with van der Waals surface area (Å²) < 4.78 is 39.4. The van der Waals surface area contributed by atoms with Crippen molar-refractivity contribution in [1.82, 2.24) is 5.32 Å². The second-order valence-corrected chi connectivity index (χ2v) is 6.72. The number of carbonyl (C=O) groups is 1. The first-order chi connectivity index (χ1) is 14.3. The smallest absolute Gasteiger partial charge is 0.387 e. The van der Waals surface area contributed by atoms with E-state index in [0.717, 1.165) is 16.5 Å². The zero-order chi connectivity index (χ0) is 21.7. The largest absolute Gasteiger partial charge is 0.483 e. The van der Waals surface area contributed by atoms with Crippen LogP contribution in [0.5, 0.6) is 11.5 Å². The van der Waals surface area contributed by atoms with Crippen LogP contribution in [-0.2, 0) is 11.2 Å². The van der Waals surface area contributed by atoms with Gasteiger partial charge in [-0.05, 0) is 55.7 Å². The molecule has 0 aliphatic carbocycles. The maximum atomic E-state index is 12.1. The van der Waals surface area contributed by atoms with Crippen LogP contribution in [-0.4, -0.2) is 25.7 Å². The van der Waals surface area contributed by atoms with Crippen molar-refractivity contribution in [2.24, 2.45) is 0 Å². The van der Waals surface area contributed by atoms with E-state index >= 15 is 0 Å². The van der Waals surface area contributed by atoms with Crippen LogP contribution < -0.4 is 20.4 Å². The number of halogens is 2. The van der Waals surface area contributed by atoms with Crippen molar-refractivity contribution in [2.75, 3.05) is 13.2 Å². The van der Waals surface area contributed by atoms with Gasteiger partial charge in [-0.3, -0.25) is 4.79 Å². The van der Waals surface area contributed by atoms with E-state index < -0.39 is 12.2 Å². The van der Waals surface area contributed by atoms with Crippen molar-refractivity contribution in [3.05, 3.63) is 69.6 Å². The van der Waals surface area contributed by atoms with Crippen LogP contribution in [0.3, 0.4) is 0 Å². The molecule has 158 valence electrons. The van der Waals surface area contributed by atoms with Gasteiger partial charge >= 0.3 is 12.2 Å². The highest BCUT2D eigenvalue weighted by molar-refractivity contribution is 5.85. The van der Waals surface area contributed by atoms with Gasteiger partial charge in [0.2, 0.25) is 0 Å². The normalized spacial score (nSPS) is 11.0. The van der Waals surface area contributed by atoms with E-state index in [-0.39, 0.29) is 18.3 Å². The summed E-state index contributed by atoms with van der Waals surface area (Å²) in [6, 6.07) is 11.2. The number of amides is 1. The number of aryl methyl sites for hydroxylation is 2. The SMILES string of the molecule is Cc1cc(=O)oc2c(C)c(OCC(=O)NCCc3ccc(OC(F)F)cc3)ccc12.